The van der Waals surface area contributed by atoms with Gasteiger partial charge in [0.2, 0.25) is 11.8 Å². The third kappa shape index (κ3) is 28.1. The first-order valence-electron chi connectivity index (χ1n) is 31.3. The number of aliphatic carboxylic acids is 1. The lowest BCUT2D eigenvalue weighted by molar-refractivity contribution is -0.142. The Balaban J connectivity index is 0.000000445. The van der Waals surface area contributed by atoms with Crippen LogP contribution in [0.3, 0.4) is 0 Å². The van der Waals surface area contributed by atoms with Crippen molar-refractivity contribution < 1.29 is 51.7 Å². The molecule has 4 amide bonds. The summed E-state index contributed by atoms with van der Waals surface area (Å²) in [4.78, 5) is 65.6. The van der Waals surface area contributed by atoms with Crippen molar-refractivity contribution in [2.24, 2.45) is 17.8 Å². The molecule has 34 heteroatoms. The number of nitrogen functional groups attached to an aromatic ring is 1. The van der Waals surface area contributed by atoms with Gasteiger partial charge in [-0.15, -0.1) is 24.8 Å². The van der Waals surface area contributed by atoms with Gasteiger partial charge in [0.05, 0.1) is 23.1 Å². The Morgan fingerprint density at radius 1 is 0.558 bits per heavy atom. The molecule has 0 unspecified atom stereocenters. The van der Waals surface area contributed by atoms with Crippen molar-refractivity contribution in [2.45, 2.75) is 141 Å². The number of piperidine rings is 3. The van der Waals surface area contributed by atoms with Gasteiger partial charge in [0.1, 0.15) is 28.4 Å². The minimum absolute atomic E-state index is 0. The number of nitrogens with two attached hydrogens (primary N) is 1. The summed E-state index contributed by atoms with van der Waals surface area (Å²) < 4.78 is 54.3. The van der Waals surface area contributed by atoms with Crippen LogP contribution in [-0.4, -0.2) is 111 Å². The standard InChI is InChI=1S/C23H24ClFN2O3.C18H16ClFN2O.C12H9ClFN.C11H17NO4.C6H12ClN.2ClH.S4.S3.S2.H2S/c1-23(2,3)30-22(29)27-18-11-13(18)12-19(27)21(28)26-17-10-6-8-15(20(17)25)14-7-4-5-9-16(14)24;19-13-6-2-1-4-11(13)12-5-3-7-14(17(12)20)22-18(23)16-9-10-8-15(10)21-16;13-10-6-2-1-4-8(10)9-5-3-7-11(15)12(9)14;1-11(2,3)16-10(15)12-7-4-6(7)5-8(12)9(13)14;1-5(2)6(7)8(3)4;;;1-3-4-2;1-3-2;1-2;/h4-10,13,18-19H,11-12H2,1-3H3,(H,26,28);1-7,10,15-16,21H,8-9H2,(H,22,23);1-7H,15H2;6-8H,4-5H2,1-3H3,(H,13,14);1-4H3;2*1H;;;;1H2/t13-,18-,19+;10-,15-,16+;;6-,7-,8+;;;;;;;/m11.1......./s1. The summed E-state index contributed by atoms with van der Waals surface area (Å²) in [5.41, 5.74) is 8.73. The van der Waals surface area contributed by atoms with E-state index in [2.05, 4.69) is 83.1 Å². The Bertz CT molecular complexity index is 4090. The normalized spacial score (nSPS) is 19.5. The summed E-state index contributed by atoms with van der Waals surface area (Å²) >= 11 is 48.3. The number of benzene rings is 6. The molecule has 9 atom stereocenters. The highest BCUT2D eigenvalue weighted by molar-refractivity contribution is 8.51. The van der Waals surface area contributed by atoms with Gasteiger partial charge in [0.15, 0.2) is 17.5 Å². The van der Waals surface area contributed by atoms with Crippen LogP contribution in [0.5, 0.6) is 0 Å². The fourth-order valence-electron chi connectivity index (χ4n) is 11.4. The Morgan fingerprint density at radius 2 is 0.913 bits per heavy atom. The van der Waals surface area contributed by atoms with Gasteiger partial charge < -0.3 is 41.2 Å². The number of anilines is 3. The van der Waals surface area contributed by atoms with Crippen LogP contribution < -0.4 is 21.7 Å². The number of likely N-dealkylation sites (tertiary alicyclic amines) is 2. The Kier molecular flexibility index (Phi) is 41.1. The second-order valence-corrected chi connectivity index (χ2v) is 33.0. The van der Waals surface area contributed by atoms with Crippen LogP contribution in [0.4, 0.5) is 39.8 Å². The molecule has 6 N–H and O–H groups in total. The van der Waals surface area contributed by atoms with E-state index in [1.165, 1.54) is 39.7 Å². The summed E-state index contributed by atoms with van der Waals surface area (Å²) in [5, 5.41) is 19.9. The lowest BCUT2D eigenvalue weighted by atomic mass is 10.0. The van der Waals surface area contributed by atoms with E-state index in [1.807, 2.05) is 38.9 Å². The second kappa shape index (κ2) is 44.8. The molecule has 0 aromatic heterocycles. The second-order valence-electron chi connectivity index (χ2n) is 26.2. The minimum Gasteiger partial charge on any atom is -0.480 e. The number of carbonyl (C=O) groups excluding carboxylic acids is 4. The molecule has 3 heterocycles. The summed E-state index contributed by atoms with van der Waals surface area (Å²) in [7, 11) is 7.11. The van der Waals surface area contributed by atoms with Crippen molar-refractivity contribution >= 4 is 226 Å². The van der Waals surface area contributed by atoms with Gasteiger partial charge in [-0.3, -0.25) is 19.4 Å². The smallest absolute Gasteiger partial charge is 0.411 e. The van der Waals surface area contributed by atoms with Crippen LogP contribution in [-0.2, 0) is 118 Å². The Labute approximate surface area is 684 Å². The van der Waals surface area contributed by atoms with Crippen LogP contribution in [0.1, 0.15) is 93.9 Å². The maximum absolute atomic E-state index is 15.2. The number of halogens is 9. The molecule has 15 nitrogen and oxygen atoms in total. The van der Waals surface area contributed by atoms with Crippen LogP contribution in [0.15, 0.2) is 138 Å². The quantitative estimate of drug-likeness (QED) is 0.0677. The number of nitrogens with one attached hydrogen (secondary N) is 3. The third-order valence-electron chi connectivity index (χ3n) is 16.1. The number of amides is 4. The van der Waals surface area contributed by atoms with Gasteiger partial charge in [-0.2, -0.15) is 13.5 Å². The van der Waals surface area contributed by atoms with E-state index in [9.17, 15) is 32.8 Å². The third-order valence-corrected chi connectivity index (χ3v) is 20.0. The molecule has 0 radical (unpaired) electrons. The molecule has 104 heavy (non-hydrogen) atoms. The van der Waals surface area contributed by atoms with E-state index in [0.29, 0.717) is 85.1 Å². The van der Waals surface area contributed by atoms with Crippen molar-refractivity contribution in [2.75, 3.05) is 30.5 Å². The lowest BCUT2D eigenvalue weighted by Crippen LogP contribution is -2.47. The number of allylic oxidation sites excluding steroid dienone is 1. The number of nitrogens with zero attached hydrogens (tertiary/aromatic N) is 3. The Morgan fingerprint density at radius 3 is 1.25 bits per heavy atom. The highest BCUT2D eigenvalue weighted by Gasteiger charge is 2.58. The lowest BCUT2D eigenvalue weighted by Gasteiger charge is -2.30. The van der Waals surface area contributed by atoms with Crippen LogP contribution in [0.2, 0.25) is 15.1 Å². The molecule has 568 valence electrons. The zero-order chi connectivity index (χ0) is 75.4. The van der Waals surface area contributed by atoms with Gasteiger partial charge in [0.25, 0.3) is 0 Å². The number of carboxylic acid groups (broad SMARTS) is 1. The molecule has 12 rings (SSSR count). The van der Waals surface area contributed by atoms with E-state index in [4.69, 9.17) is 66.7 Å². The first-order chi connectivity index (χ1) is 47.7. The highest BCUT2D eigenvalue weighted by Crippen LogP contribution is 2.50. The number of hydrogen-bond donors (Lipinski definition) is 5. The molecular weight excluding hydrogens is 1660 g/mol. The maximum Gasteiger partial charge on any atom is 0.411 e. The van der Waals surface area contributed by atoms with Crippen molar-refractivity contribution in [1.82, 2.24) is 20.0 Å². The molecule has 6 aromatic rings. The van der Waals surface area contributed by atoms with Gasteiger partial charge in [-0.1, -0.05) is 137 Å². The van der Waals surface area contributed by atoms with Crippen molar-refractivity contribution in [3.63, 3.8) is 0 Å². The molecule has 3 aliphatic carbocycles. The first-order valence-corrected chi connectivity index (χ1v) is 40.8. The van der Waals surface area contributed by atoms with Gasteiger partial charge in [-0.25, -0.2) is 27.6 Å². The number of carbonyl (C=O) groups is 5. The van der Waals surface area contributed by atoms with Crippen molar-refractivity contribution in [3.8, 4) is 33.4 Å². The van der Waals surface area contributed by atoms with Gasteiger partial charge in [-0.05, 0) is 154 Å². The number of rotatable bonds is 9. The summed E-state index contributed by atoms with van der Waals surface area (Å²) in [5.74, 6) is -1.69. The number of carboxylic acids is 1. The predicted octanol–water partition coefficient (Wildman–Crippen LogP) is 17.5. The molecule has 0 bridgehead atoms. The average Bonchev–Trinajstić information content (AvgIpc) is 1.59. The molecule has 6 aliphatic rings. The molecule has 6 aromatic carbocycles. The fourth-order valence-corrected chi connectivity index (χ4v) is 12.1. The van der Waals surface area contributed by atoms with E-state index in [0.717, 1.165) is 45.3 Å². The number of fused-ring (bicyclic) bond motifs is 3. The SMILES string of the molecule is CC(C)(C)OC(=O)N1[C@@H]2C[C@@H]2C[C@H]1C(=O)Nc1cccc(-c2ccccc2Cl)c1F.CC(C)(C)OC(=O)N1[C@@H]2C[C@@H]2C[C@H]1C(=O)O.CC(C)=C(Cl)N(C)C.Cl.Cl.Nc1cccc(-c2ccccc2Cl)c1F.O=C(Nc1cccc(-c2ccccc2Cl)c1F)[C@@H]1C[C@H]2C[C@H]2N1.S.S=S.S=S=S.S=S=S=S. The van der Waals surface area contributed by atoms with Crippen molar-refractivity contribution in [3.05, 3.63) is 171 Å². The predicted molar refractivity (Wildman–Crippen MR) is 449 cm³/mol. The number of hydrogen-bond acceptors (Lipinski definition) is 16. The molecule has 3 saturated heterocycles. The zero-order valence-electron chi connectivity index (χ0n) is 57.9. The largest absolute Gasteiger partial charge is 0.480 e. The summed E-state index contributed by atoms with van der Waals surface area (Å²) in [6.45, 7) is 14.7. The highest BCUT2D eigenvalue weighted by atomic mass is 35.5. The first kappa shape index (κ1) is 95.5. The molecule has 3 saturated carbocycles. The number of ether oxygens (including phenoxy) is 2. The zero-order valence-corrected chi connectivity index (χ0v) is 70.9. The average molecular weight is 1740 g/mol. The van der Waals surface area contributed by atoms with Crippen LogP contribution in [0.25, 0.3) is 33.4 Å². The van der Waals surface area contributed by atoms with Crippen LogP contribution >= 0.6 is 84.7 Å². The van der Waals surface area contributed by atoms with E-state index >= 15 is 4.39 Å². The van der Waals surface area contributed by atoms with Crippen molar-refractivity contribution in [1.29, 1.82) is 0 Å². The molecule has 0 spiro atoms. The molecular formula is C70H82Cl6F3N7O8S10. The van der Waals surface area contributed by atoms with E-state index < -0.39 is 64.8 Å². The topological polar surface area (TPSA) is 196 Å². The maximum atomic E-state index is 15.2. The minimum atomic E-state index is -0.932. The summed E-state index contributed by atoms with van der Waals surface area (Å²) in [6, 6.07) is 34.8. The molecule has 3 aliphatic heterocycles. The molecule has 6 fully saturated rings. The van der Waals surface area contributed by atoms with Gasteiger partial charge in [0, 0.05) is 174 Å². The van der Waals surface area contributed by atoms with Crippen LogP contribution in [0, 0.1) is 35.2 Å². The fraction of sp³-hybridized carbons (Fsp3) is 0.386. The van der Waals surface area contributed by atoms with E-state index in [1.54, 1.807) is 151 Å². The summed E-state index contributed by atoms with van der Waals surface area (Å²) in [6.07, 6.45) is 3.91. The Hall–Kier alpha value is -4.57. The van der Waals surface area contributed by atoms with Gasteiger partial charge >= 0.3 is 18.2 Å². The van der Waals surface area contributed by atoms with E-state index in [-0.39, 0.29) is 79.4 Å². The monoisotopic (exact) mass is 1740 g/mol.